The van der Waals surface area contributed by atoms with Gasteiger partial charge in [-0.15, -0.1) is 0 Å². The molecule has 3 N–H and O–H groups in total. The SMILES string of the molecule is CC(=O)Nc1ccc(CN2CCC(Nc3ccc(S(C)(=O)=O)cc3-c3cn(C)c(=O)c4[nH]ccc34)CC2)cc1. The van der Waals surface area contributed by atoms with Crippen molar-refractivity contribution in [3.05, 3.63) is 76.8 Å². The number of nitrogens with zero attached hydrogens (tertiary/aromatic N) is 2. The van der Waals surface area contributed by atoms with Gasteiger partial charge in [0, 0.05) is 86.2 Å². The zero-order valence-electron chi connectivity index (χ0n) is 22.3. The van der Waals surface area contributed by atoms with Crippen LogP contribution in [0.25, 0.3) is 22.0 Å². The van der Waals surface area contributed by atoms with E-state index in [0.717, 1.165) is 60.4 Å². The van der Waals surface area contributed by atoms with Crippen molar-refractivity contribution in [1.29, 1.82) is 0 Å². The van der Waals surface area contributed by atoms with E-state index in [4.69, 9.17) is 0 Å². The van der Waals surface area contributed by atoms with Gasteiger partial charge in [-0.25, -0.2) is 8.42 Å². The molecular formula is C29H33N5O4S. The molecule has 4 aromatic rings. The van der Waals surface area contributed by atoms with Crippen LogP contribution in [0.3, 0.4) is 0 Å². The zero-order valence-corrected chi connectivity index (χ0v) is 23.1. The maximum absolute atomic E-state index is 12.6. The molecule has 1 fully saturated rings. The van der Waals surface area contributed by atoms with Crippen LogP contribution in [0.2, 0.25) is 0 Å². The van der Waals surface area contributed by atoms with Gasteiger partial charge < -0.3 is 20.2 Å². The fourth-order valence-electron chi connectivity index (χ4n) is 5.20. The van der Waals surface area contributed by atoms with E-state index in [-0.39, 0.29) is 22.4 Å². The first-order chi connectivity index (χ1) is 18.6. The number of aromatic nitrogens is 2. The molecule has 9 nitrogen and oxygen atoms in total. The first kappa shape index (κ1) is 26.7. The van der Waals surface area contributed by atoms with E-state index in [9.17, 15) is 18.0 Å². The second kappa shape index (κ2) is 10.7. The number of carbonyl (C=O) groups excluding carboxylic acids is 1. The standard InChI is InChI=1S/C29H33N5O4S/c1-19(35)31-21-6-4-20(5-7-21)17-34-14-11-22(12-15-34)32-27-9-8-23(39(3,37)38)16-25(27)26-18-33(2)29(36)28-24(26)10-13-30-28/h4-10,13,16,18,22,30,32H,11-12,14-15,17H2,1-3H3,(H,31,35). The minimum Gasteiger partial charge on any atom is -0.382 e. The number of H-pyrrole nitrogens is 1. The quantitative estimate of drug-likeness (QED) is 0.322. The highest BCUT2D eigenvalue weighted by molar-refractivity contribution is 7.90. The predicted octanol–water partition coefficient (Wildman–Crippen LogP) is 3.97. The number of hydrogen-bond donors (Lipinski definition) is 3. The molecule has 0 aliphatic carbocycles. The normalized spacial score (nSPS) is 14.9. The maximum Gasteiger partial charge on any atom is 0.274 e. The van der Waals surface area contributed by atoms with E-state index >= 15 is 0 Å². The van der Waals surface area contributed by atoms with Crippen molar-refractivity contribution in [2.24, 2.45) is 7.05 Å². The lowest BCUT2D eigenvalue weighted by Crippen LogP contribution is -2.38. The van der Waals surface area contributed by atoms with E-state index in [0.29, 0.717) is 5.52 Å². The molecule has 2 aromatic carbocycles. The Morgan fingerprint density at radius 1 is 1.05 bits per heavy atom. The van der Waals surface area contributed by atoms with Gasteiger partial charge in [-0.05, 0) is 54.8 Å². The number of likely N-dealkylation sites (tertiary alicyclic amines) is 1. The molecular weight excluding hydrogens is 514 g/mol. The second-order valence-electron chi connectivity index (χ2n) is 10.3. The number of pyridine rings is 1. The van der Waals surface area contributed by atoms with Crippen molar-refractivity contribution in [3.8, 4) is 11.1 Å². The fourth-order valence-corrected chi connectivity index (χ4v) is 5.84. The molecule has 0 unspecified atom stereocenters. The number of piperidine rings is 1. The summed E-state index contributed by atoms with van der Waals surface area (Å²) in [6.45, 7) is 4.18. The molecule has 5 rings (SSSR count). The Kier molecular flexibility index (Phi) is 7.33. The van der Waals surface area contributed by atoms with Gasteiger partial charge in [0.05, 0.1) is 4.90 Å². The smallest absolute Gasteiger partial charge is 0.274 e. The van der Waals surface area contributed by atoms with Crippen molar-refractivity contribution in [3.63, 3.8) is 0 Å². The van der Waals surface area contributed by atoms with Crippen LogP contribution < -0.4 is 16.2 Å². The number of sulfone groups is 1. The topological polar surface area (TPSA) is 116 Å². The number of nitrogens with one attached hydrogen (secondary N) is 3. The third-order valence-corrected chi connectivity index (χ3v) is 8.34. The van der Waals surface area contributed by atoms with Crippen molar-refractivity contribution in [1.82, 2.24) is 14.5 Å². The average molecular weight is 548 g/mol. The van der Waals surface area contributed by atoms with E-state index in [2.05, 4.69) is 20.5 Å². The highest BCUT2D eigenvalue weighted by Gasteiger charge is 2.22. The molecule has 1 amide bonds. The third-order valence-electron chi connectivity index (χ3n) is 7.23. The van der Waals surface area contributed by atoms with Crippen LogP contribution in [-0.2, 0) is 28.2 Å². The lowest BCUT2D eigenvalue weighted by molar-refractivity contribution is -0.114. The van der Waals surface area contributed by atoms with Crippen LogP contribution in [0.1, 0.15) is 25.3 Å². The molecule has 0 radical (unpaired) electrons. The van der Waals surface area contributed by atoms with Crippen molar-refractivity contribution >= 4 is 38.0 Å². The van der Waals surface area contributed by atoms with Crippen LogP contribution in [0.5, 0.6) is 0 Å². The average Bonchev–Trinajstić information content (AvgIpc) is 3.38. The lowest BCUT2D eigenvalue weighted by atomic mass is 9.99. The first-order valence-electron chi connectivity index (χ1n) is 12.9. The minimum absolute atomic E-state index is 0.0831. The van der Waals surface area contributed by atoms with Crippen LogP contribution in [0.4, 0.5) is 11.4 Å². The Morgan fingerprint density at radius 2 is 1.77 bits per heavy atom. The monoisotopic (exact) mass is 547 g/mol. The zero-order chi connectivity index (χ0) is 27.7. The van der Waals surface area contributed by atoms with Crippen molar-refractivity contribution in [2.45, 2.75) is 37.2 Å². The van der Waals surface area contributed by atoms with Gasteiger partial charge in [-0.1, -0.05) is 12.1 Å². The van der Waals surface area contributed by atoms with Gasteiger partial charge in [0.15, 0.2) is 9.84 Å². The van der Waals surface area contributed by atoms with Gasteiger partial charge >= 0.3 is 0 Å². The van der Waals surface area contributed by atoms with E-state index in [1.807, 2.05) is 36.4 Å². The molecule has 0 saturated carbocycles. The number of rotatable bonds is 7. The number of fused-ring (bicyclic) bond motifs is 1. The number of benzene rings is 2. The predicted molar refractivity (Wildman–Crippen MR) is 155 cm³/mol. The van der Waals surface area contributed by atoms with Gasteiger partial charge in [0.25, 0.3) is 5.56 Å². The third kappa shape index (κ3) is 5.91. The molecule has 1 saturated heterocycles. The molecule has 39 heavy (non-hydrogen) atoms. The Morgan fingerprint density at radius 3 is 2.44 bits per heavy atom. The summed E-state index contributed by atoms with van der Waals surface area (Å²) in [4.78, 5) is 29.5. The van der Waals surface area contributed by atoms with Crippen LogP contribution in [0.15, 0.2) is 70.6 Å². The summed E-state index contributed by atoms with van der Waals surface area (Å²) in [5, 5.41) is 7.22. The van der Waals surface area contributed by atoms with Crippen molar-refractivity contribution < 1.29 is 13.2 Å². The Balaban J connectivity index is 1.35. The summed E-state index contributed by atoms with van der Waals surface area (Å²) in [5.74, 6) is -0.0831. The summed E-state index contributed by atoms with van der Waals surface area (Å²) in [6, 6.07) is 15.2. The van der Waals surface area contributed by atoms with E-state index in [1.54, 1.807) is 31.6 Å². The van der Waals surface area contributed by atoms with E-state index < -0.39 is 9.84 Å². The number of carbonyl (C=O) groups is 1. The molecule has 1 aliphatic heterocycles. The molecule has 3 heterocycles. The molecule has 2 aromatic heterocycles. The number of hydrogen-bond acceptors (Lipinski definition) is 6. The lowest BCUT2D eigenvalue weighted by Gasteiger charge is -2.33. The number of aryl methyl sites for hydroxylation is 1. The minimum atomic E-state index is -3.42. The summed E-state index contributed by atoms with van der Waals surface area (Å²) >= 11 is 0. The first-order valence-corrected chi connectivity index (χ1v) is 14.8. The van der Waals surface area contributed by atoms with Gasteiger partial charge in [0.1, 0.15) is 5.52 Å². The molecule has 204 valence electrons. The summed E-state index contributed by atoms with van der Waals surface area (Å²) in [6.07, 6.45) is 6.57. The number of anilines is 2. The fraction of sp³-hybridized carbons (Fsp3) is 0.310. The van der Waals surface area contributed by atoms with Crippen LogP contribution in [-0.4, -0.2) is 54.2 Å². The van der Waals surface area contributed by atoms with E-state index in [1.165, 1.54) is 23.3 Å². The maximum atomic E-state index is 12.6. The van der Waals surface area contributed by atoms with Gasteiger partial charge in [-0.3, -0.25) is 14.5 Å². The molecule has 0 bridgehead atoms. The molecule has 0 spiro atoms. The summed E-state index contributed by atoms with van der Waals surface area (Å²) < 4.78 is 26.3. The molecule has 1 aliphatic rings. The Hall–Kier alpha value is -3.89. The molecule has 0 atom stereocenters. The Bertz CT molecular complexity index is 1680. The van der Waals surface area contributed by atoms with Gasteiger partial charge in [-0.2, -0.15) is 0 Å². The summed E-state index contributed by atoms with van der Waals surface area (Å²) in [7, 11) is -1.72. The van der Waals surface area contributed by atoms with Gasteiger partial charge in [0.2, 0.25) is 5.91 Å². The second-order valence-corrected chi connectivity index (χ2v) is 12.3. The van der Waals surface area contributed by atoms with Crippen LogP contribution >= 0.6 is 0 Å². The highest BCUT2D eigenvalue weighted by Crippen LogP contribution is 2.35. The van der Waals surface area contributed by atoms with Crippen molar-refractivity contribution in [2.75, 3.05) is 30.0 Å². The largest absolute Gasteiger partial charge is 0.382 e. The highest BCUT2D eigenvalue weighted by atomic mass is 32.2. The Labute approximate surface area is 227 Å². The molecule has 10 heteroatoms. The summed E-state index contributed by atoms with van der Waals surface area (Å²) in [5.41, 5.74) is 4.73. The van der Waals surface area contributed by atoms with Crippen LogP contribution in [0, 0.1) is 0 Å². The number of amides is 1. The number of aromatic amines is 1.